The Balaban J connectivity index is 1.76. The summed E-state index contributed by atoms with van der Waals surface area (Å²) in [5.41, 5.74) is 0.989. The molecule has 1 fully saturated rings. The van der Waals surface area contributed by atoms with E-state index in [-0.39, 0.29) is 36.7 Å². The summed E-state index contributed by atoms with van der Waals surface area (Å²) >= 11 is 0. The summed E-state index contributed by atoms with van der Waals surface area (Å²) in [6, 6.07) is 7.27. The van der Waals surface area contributed by atoms with E-state index in [1.54, 1.807) is 12.1 Å². The second kappa shape index (κ2) is 8.29. The fourth-order valence-corrected chi connectivity index (χ4v) is 2.36. The van der Waals surface area contributed by atoms with Gasteiger partial charge < -0.3 is 14.2 Å². The fourth-order valence-electron chi connectivity index (χ4n) is 2.36. The number of rotatable bonds is 8. The number of hydrogen-bond acceptors (Lipinski definition) is 5. The predicted octanol–water partition coefficient (Wildman–Crippen LogP) is 3.67. The molecule has 0 saturated carbocycles. The highest BCUT2D eigenvalue weighted by atomic mass is 16.6. The second-order valence-corrected chi connectivity index (χ2v) is 7.02. The van der Waals surface area contributed by atoms with E-state index in [1.807, 2.05) is 39.8 Å². The van der Waals surface area contributed by atoms with Crippen molar-refractivity contribution >= 4 is 11.9 Å². The van der Waals surface area contributed by atoms with Crippen LogP contribution in [-0.4, -0.2) is 24.6 Å². The monoisotopic (exact) mass is 334 g/mol. The Morgan fingerprint density at radius 2 is 1.58 bits per heavy atom. The number of hydrogen-bond donors (Lipinski definition) is 0. The molecule has 1 heterocycles. The van der Waals surface area contributed by atoms with Crippen LogP contribution in [0.5, 0.6) is 5.75 Å². The highest BCUT2D eigenvalue weighted by Crippen LogP contribution is 2.39. The van der Waals surface area contributed by atoms with Crippen molar-refractivity contribution in [3.63, 3.8) is 0 Å². The molecule has 132 valence electrons. The zero-order valence-corrected chi connectivity index (χ0v) is 14.8. The fraction of sp³-hybridized carbons (Fsp3) is 0.579. The Morgan fingerprint density at radius 1 is 1.00 bits per heavy atom. The van der Waals surface area contributed by atoms with Gasteiger partial charge in [-0.3, -0.25) is 9.59 Å². The van der Waals surface area contributed by atoms with Crippen LogP contribution in [0.15, 0.2) is 24.3 Å². The first-order valence-corrected chi connectivity index (χ1v) is 8.47. The maximum atomic E-state index is 11.6. The molecule has 0 N–H and O–H groups in total. The molecule has 1 aliphatic heterocycles. The van der Waals surface area contributed by atoms with Gasteiger partial charge in [0.25, 0.3) is 0 Å². The standard InChI is InChI=1S/C19H26O5/c1-12(2)9-17(20)22-11-16-19(24-16)14-5-7-15(8-6-14)23-18(21)10-13(3)4/h5-8,12-13,16,19H,9-11H2,1-4H3. The van der Waals surface area contributed by atoms with Gasteiger partial charge in [0.15, 0.2) is 0 Å². The third kappa shape index (κ3) is 5.96. The van der Waals surface area contributed by atoms with Gasteiger partial charge in [0.2, 0.25) is 0 Å². The Bertz CT molecular complexity index is 562. The zero-order valence-electron chi connectivity index (χ0n) is 14.8. The molecule has 1 aliphatic rings. The summed E-state index contributed by atoms with van der Waals surface area (Å²) in [5, 5.41) is 0. The Labute approximate surface area is 143 Å². The van der Waals surface area contributed by atoms with Crippen LogP contribution in [0.1, 0.15) is 52.2 Å². The summed E-state index contributed by atoms with van der Waals surface area (Å²) in [7, 11) is 0. The highest BCUT2D eigenvalue weighted by Gasteiger charge is 2.41. The molecule has 0 bridgehead atoms. The van der Waals surface area contributed by atoms with Crippen molar-refractivity contribution in [1.29, 1.82) is 0 Å². The molecule has 0 aliphatic carbocycles. The predicted molar refractivity (Wildman–Crippen MR) is 89.6 cm³/mol. The number of epoxide rings is 1. The van der Waals surface area contributed by atoms with E-state index in [2.05, 4.69) is 0 Å². The highest BCUT2D eigenvalue weighted by molar-refractivity contribution is 5.72. The molecule has 0 radical (unpaired) electrons. The van der Waals surface area contributed by atoms with Crippen LogP contribution in [0.25, 0.3) is 0 Å². The molecule has 1 saturated heterocycles. The molecule has 1 aromatic rings. The van der Waals surface area contributed by atoms with Gasteiger partial charge in [-0.1, -0.05) is 39.8 Å². The van der Waals surface area contributed by atoms with Gasteiger partial charge in [0.1, 0.15) is 24.6 Å². The molecule has 2 rings (SSSR count). The van der Waals surface area contributed by atoms with E-state index in [9.17, 15) is 9.59 Å². The lowest BCUT2D eigenvalue weighted by atomic mass is 10.1. The first kappa shape index (κ1) is 18.5. The summed E-state index contributed by atoms with van der Waals surface area (Å²) < 4.78 is 16.0. The number of carbonyl (C=O) groups excluding carboxylic acids is 2. The van der Waals surface area contributed by atoms with Gasteiger partial charge in [-0.05, 0) is 29.5 Å². The number of esters is 2. The van der Waals surface area contributed by atoms with E-state index in [0.717, 1.165) is 5.56 Å². The summed E-state index contributed by atoms with van der Waals surface area (Å²) in [4.78, 5) is 23.2. The normalized spacial score (nSPS) is 19.4. The number of carbonyl (C=O) groups is 2. The molecule has 5 nitrogen and oxygen atoms in total. The van der Waals surface area contributed by atoms with E-state index in [1.165, 1.54) is 0 Å². The van der Waals surface area contributed by atoms with Crippen LogP contribution in [0, 0.1) is 11.8 Å². The van der Waals surface area contributed by atoms with Gasteiger partial charge >= 0.3 is 11.9 Å². The van der Waals surface area contributed by atoms with Crippen molar-refractivity contribution in [2.24, 2.45) is 11.8 Å². The molecule has 1 aromatic carbocycles. The Hall–Kier alpha value is -1.88. The van der Waals surface area contributed by atoms with Crippen LogP contribution >= 0.6 is 0 Å². The third-order valence-electron chi connectivity index (χ3n) is 3.58. The molecule has 5 heteroatoms. The van der Waals surface area contributed by atoms with Crippen molar-refractivity contribution in [3.05, 3.63) is 29.8 Å². The van der Waals surface area contributed by atoms with E-state index in [0.29, 0.717) is 24.5 Å². The Kier molecular flexibility index (Phi) is 6.37. The minimum Gasteiger partial charge on any atom is -0.463 e. The van der Waals surface area contributed by atoms with Gasteiger partial charge in [-0.2, -0.15) is 0 Å². The van der Waals surface area contributed by atoms with Gasteiger partial charge in [-0.25, -0.2) is 0 Å². The number of benzene rings is 1. The smallest absolute Gasteiger partial charge is 0.311 e. The summed E-state index contributed by atoms with van der Waals surface area (Å²) in [5.74, 6) is 0.683. The van der Waals surface area contributed by atoms with Gasteiger partial charge in [0.05, 0.1) is 0 Å². The Morgan fingerprint density at radius 3 is 2.17 bits per heavy atom. The van der Waals surface area contributed by atoms with Gasteiger partial charge in [-0.15, -0.1) is 0 Å². The maximum Gasteiger partial charge on any atom is 0.311 e. The molecular weight excluding hydrogens is 308 g/mol. The quantitative estimate of drug-likeness (QED) is 0.412. The van der Waals surface area contributed by atoms with Crippen molar-refractivity contribution in [2.45, 2.75) is 52.7 Å². The van der Waals surface area contributed by atoms with Crippen molar-refractivity contribution in [1.82, 2.24) is 0 Å². The summed E-state index contributed by atoms with van der Waals surface area (Å²) in [6.45, 7) is 8.19. The second-order valence-electron chi connectivity index (χ2n) is 7.02. The first-order chi connectivity index (χ1) is 11.3. The lowest BCUT2D eigenvalue weighted by Crippen LogP contribution is -2.12. The molecule has 24 heavy (non-hydrogen) atoms. The van der Waals surface area contributed by atoms with Crippen LogP contribution in [-0.2, 0) is 19.1 Å². The maximum absolute atomic E-state index is 11.6. The van der Waals surface area contributed by atoms with E-state index >= 15 is 0 Å². The van der Waals surface area contributed by atoms with E-state index < -0.39 is 0 Å². The van der Waals surface area contributed by atoms with Crippen LogP contribution in [0.4, 0.5) is 0 Å². The van der Waals surface area contributed by atoms with Gasteiger partial charge in [0, 0.05) is 12.8 Å². The largest absolute Gasteiger partial charge is 0.463 e. The van der Waals surface area contributed by atoms with Crippen LogP contribution < -0.4 is 4.74 Å². The van der Waals surface area contributed by atoms with Crippen molar-refractivity contribution in [3.8, 4) is 5.75 Å². The zero-order chi connectivity index (χ0) is 17.7. The average Bonchev–Trinajstić information content (AvgIpc) is 3.24. The number of ether oxygens (including phenoxy) is 3. The third-order valence-corrected chi connectivity index (χ3v) is 3.58. The SMILES string of the molecule is CC(C)CC(=O)OCC1OC1c1ccc(OC(=O)CC(C)C)cc1. The topological polar surface area (TPSA) is 65.1 Å². The van der Waals surface area contributed by atoms with Crippen molar-refractivity contribution < 1.29 is 23.8 Å². The molecular formula is C19H26O5. The summed E-state index contributed by atoms with van der Waals surface area (Å²) in [6.07, 6.45) is 0.679. The minimum atomic E-state index is -0.227. The first-order valence-electron chi connectivity index (χ1n) is 8.47. The molecule has 0 amide bonds. The van der Waals surface area contributed by atoms with Crippen LogP contribution in [0.3, 0.4) is 0 Å². The lowest BCUT2D eigenvalue weighted by molar-refractivity contribution is -0.145. The molecule has 2 atom stereocenters. The lowest BCUT2D eigenvalue weighted by Gasteiger charge is -2.07. The van der Waals surface area contributed by atoms with E-state index in [4.69, 9.17) is 14.2 Å². The van der Waals surface area contributed by atoms with Crippen molar-refractivity contribution in [2.75, 3.05) is 6.61 Å². The molecule has 0 aromatic heterocycles. The average molecular weight is 334 g/mol. The minimum absolute atomic E-state index is 0.0581. The van der Waals surface area contributed by atoms with Crippen LogP contribution in [0.2, 0.25) is 0 Å². The molecule has 0 spiro atoms. The molecule has 2 unspecified atom stereocenters.